The van der Waals surface area contributed by atoms with Crippen LogP contribution in [0.4, 0.5) is 0 Å². The minimum atomic E-state index is -0.892. The van der Waals surface area contributed by atoms with Gasteiger partial charge in [0, 0.05) is 0 Å². The normalized spacial score (nSPS) is 56.7. The van der Waals surface area contributed by atoms with E-state index < -0.39 is 11.2 Å². The zero-order valence-corrected chi connectivity index (χ0v) is 11.9. The fourth-order valence-electron chi connectivity index (χ4n) is 5.49. The molecular weight excluding hydrogens is 224 g/mol. The highest BCUT2D eigenvalue weighted by Crippen LogP contribution is 2.58. The third-order valence-corrected chi connectivity index (χ3v) is 6.66. The molecule has 2 nitrogen and oxygen atoms in total. The Kier molecular flexibility index (Phi) is 3.02. The summed E-state index contributed by atoms with van der Waals surface area (Å²) in [6, 6.07) is 0. The lowest BCUT2D eigenvalue weighted by Gasteiger charge is -2.61. The van der Waals surface area contributed by atoms with Gasteiger partial charge in [-0.25, -0.2) is 0 Å². The number of hydrogen-bond acceptors (Lipinski definition) is 2. The van der Waals surface area contributed by atoms with Crippen molar-refractivity contribution in [3.63, 3.8) is 0 Å². The molecule has 0 spiro atoms. The predicted octanol–water partition coefficient (Wildman–Crippen LogP) is 3.11. The lowest BCUT2D eigenvalue weighted by molar-refractivity contribution is -0.256. The van der Waals surface area contributed by atoms with E-state index in [1.54, 1.807) is 0 Å². The van der Waals surface area contributed by atoms with Crippen molar-refractivity contribution in [2.24, 2.45) is 23.7 Å². The van der Waals surface area contributed by atoms with E-state index in [1.807, 2.05) is 13.8 Å². The molecule has 3 aliphatic rings. The molecule has 104 valence electrons. The molecule has 3 aliphatic carbocycles. The highest BCUT2D eigenvalue weighted by atomic mass is 16.4. The summed E-state index contributed by atoms with van der Waals surface area (Å²) in [7, 11) is 0. The van der Waals surface area contributed by atoms with Gasteiger partial charge >= 0.3 is 0 Å². The fraction of sp³-hybridized carbons (Fsp3) is 1.00. The Morgan fingerprint density at radius 1 is 0.667 bits per heavy atom. The molecule has 0 aromatic carbocycles. The van der Waals surface area contributed by atoms with Gasteiger partial charge in [-0.2, -0.15) is 0 Å². The molecule has 0 aliphatic heterocycles. The van der Waals surface area contributed by atoms with Gasteiger partial charge in [-0.05, 0) is 63.2 Å². The summed E-state index contributed by atoms with van der Waals surface area (Å²) in [5, 5.41) is 22.0. The molecule has 18 heavy (non-hydrogen) atoms. The Morgan fingerprint density at radius 2 is 1.00 bits per heavy atom. The van der Waals surface area contributed by atoms with E-state index in [2.05, 4.69) is 0 Å². The summed E-state index contributed by atoms with van der Waals surface area (Å²) >= 11 is 0. The first-order valence-electron chi connectivity index (χ1n) is 7.91. The number of aliphatic hydroxyl groups is 2. The first kappa shape index (κ1) is 12.9. The minimum absolute atomic E-state index is 0.320. The molecule has 0 radical (unpaired) electrons. The maximum atomic E-state index is 11.0. The molecular formula is C16H28O2. The van der Waals surface area contributed by atoms with Crippen LogP contribution in [-0.2, 0) is 0 Å². The molecule has 3 fully saturated rings. The van der Waals surface area contributed by atoms with Crippen molar-refractivity contribution in [1.29, 1.82) is 0 Å². The average Bonchev–Trinajstić information content (AvgIpc) is 2.37. The van der Waals surface area contributed by atoms with Crippen LogP contribution < -0.4 is 0 Å². The molecule has 2 heteroatoms. The number of rotatable bonds is 0. The smallest absolute Gasteiger partial charge is 0.0936 e. The van der Waals surface area contributed by atoms with Crippen LogP contribution in [0.25, 0.3) is 0 Å². The standard InChI is InChI=1S/C16H28O2/c1-15(17)13-9-5-3-7-11(13)12-8-4-6-10-14(12)16(15,2)18/h11-14,17-18H,3-10H2,1-2H3/t11-,12+,13-,14+,15+,16-. The highest BCUT2D eigenvalue weighted by molar-refractivity contribution is 5.12. The Bertz CT molecular complexity index is 289. The summed E-state index contributed by atoms with van der Waals surface area (Å²) in [5.41, 5.74) is -1.78. The van der Waals surface area contributed by atoms with E-state index >= 15 is 0 Å². The van der Waals surface area contributed by atoms with Gasteiger partial charge in [-0.1, -0.05) is 25.7 Å². The van der Waals surface area contributed by atoms with Crippen LogP contribution in [0.5, 0.6) is 0 Å². The van der Waals surface area contributed by atoms with Gasteiger partial charge in [0.2, 0.25) is 0 Å². The van der Waals surface area contributed by atoms with Gasteiger partial charge < -0.3 is 10.2 Å². The van der Waals surface area contributed by atoms with E-state index in [0.717, 1.165) is 12.8 Å². The van der Waals surface area contributed by atoms with E-state index in [9.17, 15) is 10.2 Å². The minimum Gasteiger partial charge on any atom is -0.387 e. The third-order valence-electron chi connectivity index (χ3n) is 6.66. The SMILES string of the molecule is C[C@]1(O)[C@@H]2CCCC[C@@H]2[C@@H]2CCCC[C@@H]2[C@@]1(C)O. The van der Waals surface area contributed by atoms with Crippen LogP contribution in [0.3, 0.4) is 0 Å². The average molecular weight is 252 g/mol. The first-order valence-corrected chi connectivity index (χ1v) is 7.91. The Balaban J connectivity index is 1.98. The van der Waals surface area contributed by atoms with E-state index in [1.165, 1.54) is 38.5 Å². The Labute approximate surface area is 111 Å². The number of fused-ring (bicyclic) bond motifs is 3. The monoisotopic (exact) mass is 252 g/mol. The largest absolute Gasteiger partial charge is 0.387 e. The Hall–Kier alpha value is -0.0800. The lowest BCUT2D eigenvalue weighted by atomic mass is 9.48. The van der Waals surface area contributed by atoms with Crippen molar-refractivity contribution in [2.45, 2.75) is 76.4 Å². The molecule has 0 amide bonds. The summed E-state index contributed by atoms with van der Waals surface area (Å²) in [4.78, 5) is 0. The van der Waals surface area contributed by atoms with Gasteiger partial charge in [0.25, 0.3) is 0 Å². The molecule has 0 heterocycles. The van der Waals surface area contributed by atoms with Crippen molar-refractivity contribution in [2.75, 3.05) is 0 Å². The van der Waals surface area contributed by atoms with Gasteiger partial charge in [0.1, 0.15) is 0 Å². The molecule has 3 saturated carbocycles. The molecule has 2 N–H and O–H groups in total. The summed E-state index contributed by atoms with van der Waals surface area (Å²) in [6.45, 7) is 3.81. The topological polar surface area (TPSA) is 40.5 Å². The van der Waals surface area contributed by atoms with Crippen LogP contribution in [0.2, 0.25) is 0 Å². The van der Waals surface area contributed by atoms with Gasteiger partial charge in [-0.15, -0.1) is 0 Å². The van der Waals surface area contributed by atoms with E-state index in [4.69, 9.17) is 0 Å². The van der Waals surface area contributed by atoms with Gasteiger partial charge in [-0.3, -0.25) is 0 Å². The molecule has 0 unspecified atom stereocenters. The summed E-state index contributed by atoms with van der Waals surface area (Å²) in [6.07, 6.45) is 9.87. The predicted molar refractivity (Wildman–Crippen MR) is 72.1 cm³/mol. The van der Waals surface area contributed by atoms with Crippen LogP contribution in [-0.4, -0.2) is 21.4 Å². The van der Waals surface area contributed by atoms with Gasteiger partial charge in [0.15, 0.2) is 0 Å². The molecule has 0 aromatic rings. The highest BCUT2D eigenvalue weighted by Gasteiger charge is 2.61. The van der Waals surface area contributed by atoms with Crippen LogP contribution in [0.15, 0.2) is 0 Å². The molecule has 0 bridgehead atoms. The quantitative estimate of drug-likeness (QED) is 0.695. The second kappa shape index (κ2) is 4.21. The maximum absolute atomic E-state index is 11.0. The molecule has 0 aromatic heterocycles. The van der Waals surface area contributed by atoms with Crippen molar-refractivity contribution >= 4 is 0 Å². The van der Waals surface area contributed by atoms with E-state index in [-0.39, 0.29) is 0 Å². The second-order valence-corrected chi connectivity index (χ2v) is 7.40. The van der Waals surface area contributed by atoms with Gasteiger partial charge in [0.05, 0.1) is 11.2 Å². The van der Waals surface area contributed by atoms with Crippen molar-refractivity contribution in [1.82, 2.24) is 0 Å². The molecule has 0 saturated heterocycles. The van der Waals surface area contributed by atoms with Crippen LogP contribution >= 0.6 is 0 Å². The lowest BCUT2D eigenvalue weighted by Crippen LogP contribution is -2.68. The first-order chi connectivity index (χ1) is 8.46. The third kappa shape index (κ3) is 1.61. The summed E-state index contributed by atoms with van der Waals surface area (Å²) in [5.74, 6) is 1.97. The maximum Gasteiger partial charge on any atom is 0.0936 e. The van der Waals surface area contributed by atoms with Crippen molar-refractivity contribution in [3.05, 3.63) is 0 Å². The fourth-order valence-corrected chi connectivity index (χ4v) is 5.49. The Morgan fingerprint density at radius 3 is 1.39 bits per heavy atom. The van der Waals surface area contributed by atoms with Crippen LogP contribution in [0.1, 0.15) is 65.2 Å². The zero-order valence-electron chi connectivity index (χ0n) is 11.9. The van der Waals surface area contributed by atoms with Crippen LogP contribution in [0, 0.1) is 23.7 Å². The molecule has 3 rings (SSSR count). The summed E-state index contributed by atoms with van der Waals surface area (Å²) < 4.78 is 0. The zero-order chi connectivity index (χ0) is 13.0. The van der Waals surface area contributed by atoms with E-state index in [0.29, 0.717) is 23.7 Å². The van der Waals surface area contributed by atoms with Crippen molar-refractivity contribution < 1.29 is 10.2 Å². The number of hydrogen-bond donors (Lipinski definition) is 2. The van der Waals surface area contributed by atoms with Crippen molar-refractivity contribution in [3.8, 4) is 0 Å². The second-order valence-electron chi connectivity index (χ2n) is 7.40. The molecule has 6 atom stereocenters.